The van der Waals surface area contributed by atoms with Crippen LogP contribution in [0.15, 0.2) is 77.2 Å². The lowest BCUT2D eigenvalue weighted by Crippen LogP contribution is -2.03. The van der Waals surface area contributed by atoms with Gasteiger partial charge in [-0.3, -0.25) is 4.79 Å². The summed E-state index contributed by atoms with van der Waals surface area (Å²) in [6.07, 6.45) is 1.68. The SMILES string of the molecule is O=C(C(=Cc1ccc(Cl)cc1Cl)c1nc2ccccc2o1)c1ccccc1. The van der Waals surface area contributed by atoms with Crippen LogP contribution in [-0.4, -0.2) is 10.8 Å². The van der Waals surface area contributed by atoms with Gasteiger partial charge in [-0.2, -0.15) is 0 Å². The van der Waals surface area contributed by atoms with Crippen LogP contribution in [0, 0.1) is 0 Å². The third-order valence-corrected chi connectivity index (χ3v) is 4.63. The molecule has 0 aliphatic carbocycles. The maximum atomic E-state index is 13.2. The van der Waals surface area contributed by atoms with Gasteiger partial charge in [-0.15, -0.1) is 0 Å². The van der Waals surface area contributed by atoms with E-state index in [0.29, 0.717) is 37.8 Å². The van der Waals surface area contributed by atoms with Gasteiger partial charge in [0.1, 0.15) is 5.52 Å². The van der Waals surface area contributed by atoms with E-state index in [9.17, 15) is 4.79 Å². The molecule has 5 heteroatoms. The largest absolute Gasteiger partial charge is 0.436 e. The second-order valence-electron chi connectivity index (χ2n) is 5.91. The number of Topliss-reactive ketones (excluding diaryl/α,β-unsaturated/α-hetero) is 1. The Balaban J connectivity index is 1.89. The smallest absolute Gasteiger partial charge is 0.231 e. The fraction of sp³-hybridized carbons (Fsp3) is 0. The van der Waals surface area contributed by atoms with Gasteiger partial charge in [0, 0.05) is 15.6 Å². The fourth-order valence-electron chi connectivity index (χ4n) is 2.73. The number of benzene rings is 3. The van der Waals surface area contributed by atoms with E-state index in [1.165, 1.54) is 0 Å². The lowest BCUT2D eigenvalue weighted by atomic mass is 10.0. The van der Waals surface area contributed by atoms with Gasteiger partial charge in [-0.05, 0) is 35.9 Å². The first-order valence-electron chi connectivity index (χ1n) is 8.24. The number of fused-ring (bicyclic) bond motifs is 1. The molecule has 0 unspecified atom stereocenters. The van der Waals surface area contributed by atoms with Crippen molar-refractivity contribution in [1.82, 2.24) is 4.98 Å². The molecule has 4 aromatic rings. The zero-order chi connectivity index (χ0) is 18.8. The third-order valence-electron chi connectivity index (χ3n) is 4.07. The number of rotatable bonds is 4. The topological polar surface area (TPSA) is 43.1 Å². The Morgan fingerprint density at radius 2 is 1.67 bits per heavy atom. The van der Waals surface area contributed by atoms with E-state index in [2.05, 4.69) is 4.98 Å². The molecule has 0 bridgehead atoms. The van der Waals surface area contributed by atoms with Gasteiger partial charge in [0.15, 0.2) is 11.4 Å². The van der Waals surface area contributed by atoms with Crippen molar-refractivity contribution in [3.63, 3.8) is 0 Å². The third kappa shape index (κ3) is 3.65. The summed E-state index contributed by atoms with van der Waals surface area (Å²) in [6.45, 7) is 0. The maximum Gasteiger partial charge on any atom is 0.231 e. The van der Waals surface area contributed by atoms with E-state index >= 15 is 0 Å². The van der Waals surface area contributed by atoms with Crippen LogP contribution in [0.5, 0.6) is 0 Å². The highest BCUT2D eigenvalue weighted by Crippen LogP contribution is 2.29. The van der Waals surface area contributed by atoms with Crippen molar-refractivity contribution in [1.29, 1.82) is 0 Å². The number of carbonyl (C=O) groups is 1. The molecule has 132 valence electrons. The molecule has 0 aliphatic rings. The highest BCUT2D eigenvalue weighted by molar-refractivity contribution is 6.37. The molecule has 0 saturated heterocycles. The van der Waals surface area contributed by atoms with Crippen molar-refractivity contribution in [2.75, 3.05) is 0 Å². The van der Waals surface area contributed by atoms with Gasteiger partial charge in [-0.25, -0.2) is 4.98 Å². The summed E-state index contributed by atoms with van der Waals surface area (Å²) >= 11 is 12.3. The Morgan fingerprint density at radius 3 is 2.41 bits per heavy atom. The molecule has 3 nitrogen and oxygen atoms in total. The lowest BCUT2D eigenvalue weighted by Gasteiger charge is -2.05. The van der Waals surface area contributed by atoms with Crippen molar-refractivity contribution in [3.05, 3.63) is 99.9 Å². The standard InChI is InChI=1S/C22H13Cl2NO2/c23-16-11-10-15(18(24)13-16)12-17(21(26)14-6-2-1-3-7-14)22-25-19-8-4-5-9-20(19)27-22/h1-13H. The number of hydrogen-bond donors (Lipinski definition) is 0. The highest BCUT2D eigenvalue weighted by Gasteiger charge is 2.20. The van der Waals surface area contributed by atoms with Crippen LogP contribution in [-0.2, 0) is 0 Å². The minimum Gasteiger partial charge on any atom is -0.436 e. The summed E-state index contributed by atoms with van der Waals surface area (Å²) in [5.74, 6) is 0.0456. The fourth-order valence-corrected chi connectivity index (χ4v) is 3.19. The van der Waals surface area contributed by atoms with E-state index in [1.807, 2.05) is 42.5 Å². The summed E-state index contributed by atoms with van der Waals surface area (Å²) in [4.78, 5) is 17.6. The van der Waals surface area contributed by atoms with Gasteiger partial charge >= 0.3 is 0 Å². The summed E-state index contributed by atoms with van der Waals surface area (Å²) < 4.78 is 5.84. The number of hydrogen-bond acceptors (Lipinski definition) is 3. The van der Waals surface area contributed by atoms with Crippen molar-refractivity contribution in [2.24, 2.45) is 0 Å². The van der Waals surface area contributed by atoms with E-state index < -0.39 is 0 Å². The van der Waals surface area contributed by atoms with Crippen LogP contribution < -0.4 is 0 Å². The van der Waals surface area contributed by atoms with Crippen LogP contribution in [0.4, 0.5) is 0 Å². The molecular weight excluding hydrogens is 381 g/mol. The Labute approximate surface area is 165 Å². The molecule has 0 radical (unpaired) electrons. The first-order chi connectivity index (χ1) is 13.1. The Kier molecular flexibility index (Phi) is 4.80. The molecule has 0 spiro atoms. The average Bonchev–Trinajstić information content (AvgIpc) is 3.11. The summed E-state index contributed by atoms with van der Waals surface area (Å²) in [6, 6.07) is 21.5. The maximum absolute atomic E-state index is 13.2. The molecule has 3 aromatic carbocycles. The molecule has 4 rings (SSSR count). The number of ketones is 1. The van der Waals surface area contributed by atoms with Gasteiger partial charge in [0.05, 0.1) is 5.57 Å². The van der Waals surface area contributed by atoms with Crippen molar-refractivity contribution in [3.8, 4) is 0 Å². The number of nitrogens with zero attached hydrogens (tertiary/aromatic N) is 1. The summed E-state index contributed by atoms with van der Waals surface area (Å²) in [5.41, 5.74) is 2.81. The molecule has 0 fully saturated rings. The second-order valence-corrected chi connectivity index (χ2v) is 6.75. The second kappa shape index (κ2) is 7.39. The molecule has 0 atom stereocenters. The molecule has 1 aromatic heterocycles. The number of oxazole rings is 1. The predicted octanol–water partition coefficient (Wildman–Crippen LogP) is 6.56. The first-order valence-corrected chi connectivity index (χ1v) is 9.00. The van der Waals surface area contributed by atoms with Gasteiger partial charge < -0.3 is 4.42 Å². The molecule has 0 N–H and O–H groups in total. The quantitative estimate of drug-likeness (QED) is 0.291. The molecule has 27 heavy (non-hydrogen) atoms. The first kappa shape index (κ1) is 17.5. The Hall–Kier alpha value is -2.88. The van der Waals surface area contributed by atoms with Gasteiger partial charge in [0.2, 0.25) is 5.89 Å². The summed E-state index contributed by atoms with van der Waals surface area (Å²) in [7, 11) is 0. The lowest BCUT2D eigenvalue weighted by molar-refractivity contribution is 0.105. The Bertz CT molecular complexity index is 1130. The van der Waals surface area contributed by atoms with E-state index in [-0.39, 0.29) is 11.7 Å². The van der Waals surface area contributed by atoms with Crippen molar-refractivity contribution in [2.45, 2.75) is 0 Å². The number of carbonyl (C=O) groups excluding carboxylic acids is 1. The van der Waals surface area contributed by atoms with Gasteiger partial charge in [-0.1, -0.05) is 71.7 Å². The monoisotopic (exact) mass is 393 g/mol. The molecule has 0 saturated carbocycles. The van der Waals surface area contributed by atoms with Crippen LogP contribution in [0.2, 0.25) is 10.0 Å². The summed E-state index contributed by atoms with van der Waals surface area (Å²) in [5, 5.41) is 0.965. The highest BCUT2D eigenvalue weighted by atomic mass is 35.5. The number of allylic oxidation sites excluding steroid dienone is 1. The molecule has 0 aliphatic heterocycles. The number of halogens is 2. The zero-order valence-electron chi connectivity index (χ0n) is 14.0. The van der Waals surface area contributed by atoms with Crippen molar-refractivity contribution < 1.29 is 9.21 Å². The predicted molar refractivity (Wildman–Crippen MR) is 109 cm³/mol. The minimum absolute atomic E-state index is 0.201. The van der Waals surface area contributed by atoms with E-state index in [0.717, 1.165) is 0 Å². The molecular formula is C22H13Cl2NO2. The number of para-hydroxylation sites is 2. The van der Waals surface area contributed by atoms with Crippen molar-refractivity contribution >= 4 is 51.7 Å². The van der Waals surface area contributed by atoms with E-state index in [1.54, 1.807) is 36.4 Å². The average molecular weight is 394 g/mol. The zero-order valence-corrected chi connectivity index (χ0v) is 15.5. The van der Waals surface area contributed by atoms with Crippen LogP contribution >= 0.6 is 23.2 Å². The normalized spacial score (nSPS) is 11.7. The van der Waals surface area contributed by atoms with E-state index in [4.69, 9.17) is 27.6 Å². The Morgan fingerprint density at radius 1 is 0.926 bits per heavy atom. The molecule has 1 heterocycles. The van der Waals surface area contributed by atoms with Crippen LogP contribution in [0.1, 0.15) is 21.8 Å². The minimum atomic E-state index is -0.201. The number of aromatic nitrogens is 1. The molecule has 0 amide bonds. The van der Waals surface area contributed by atoms with Crippen LogP contribution in [0.3, 0.4) is 0 Å². The van der Waals surface area contributed by atoms with Gasteiger partial charge in [0.25, 0.3) is 0 Å². The van der Waals surface area contributed by atoms with Crippen LogP contribution in [0.25, 0.3) is 22.7 Å².